The van der Waals surface area contributed by atoms with Gasteiger partial charge in [-0.2, -0.15) is 0 Å². The van der Waals surface area contributed by atoms with Crippen LogP contribution in [0.15, 0.2) is 12.2 Å². The fourth-order valence-electron chi connectivity index (χ4n) is 0.800. The summed E-state index contributed by atoms with van der Waals surface area (Å²) in [5.74, 6) is -0.935. The standard InChI is InChI=1S/C4H13NO7P2.C4H6O2.Na.H/c5-3-1-2-4(6,13(7,8)9)14(10,11)12;1-3(2)4(5)6;;/h6H,1-3,5H2,(H2,7,8,9)(H2,10,11,12);1H2,2H3,(H,5,6);;/q;;+1;-1. The largest absolute Gasteiger partial charge is 1.00 e. The van der Waals surface area contributed by atoms with Gasteiger partial charge in [0.25, 0.3) is 5.08 Å². The van der Waals surface area contributed by atoms with E-state index in [4.69, 9.17) is 30.4 Å². The topological polar surface area (TPSA) is 199 Å². The summed E-state index contributed by atoms with van der Waals surface area (Å²) in [6, 6.07) is 0. The van der Waals surface area contributed by atoms with Crippen LogP contribution in [0.1, 0.15) is 21.2 Å². The van der Waals surface area contributed by atoms with Crippen molar-refractivity contribution < 1.29 is 74.7 Å². The van der Waals surface area contributed by atoms with E-state index in [-0.39, 0.29) is 49.5 Å². The third kappa shape index (κ3) is 9.22. The zero-order valence-corrected chi connectivity index (χ0v) is 15.5. The molecule has 0 heterocycles. The number of carbonyl (C=O) groups is 1. The number of carboxylic acids is 1. The molecule has 0 saturated carbocycles. The molecule has 0 aromatic carbocycles. The molecule has 0 bridgehead atoms. The minimum Gasteiger partial charge on any atom is -1.00 e. The van der Waals surface area contributed by atoms with Crippen LogP contribution in [0.25, 0.3) is 0 Å². The first kappa shape index (κ1) is 26.3. The van der Waals surface area contributed by atoms with Gasteiger partial charge in [0.2, 0.25) is 0 Å². The van der Waals surface area contributed by atoms with Crippen molar-refractivity contribution in [2.75, 3.05) is 6.54 Å². The Morgan fingerprint density at radius 1 is 1.24 bits per heavy atom. The predicted molar refractivity (Wildman–Crippen MR) is 70.9 cm³/mol. The molecular formula is C8H20NNaO9P2. The maximum Gasteiger partial charge on any atom is 1.00 e. The first-order valence-corrected chi connectivity index (χ1v) is 8.35. The molecule has 0 fully saturated rings. The van der Waals surface area contributed by atoms with Crippen molar-refractivity contribution in [2.24, 2.45) is 5.73 Å². The Hall–Kier alpha value is 0.430. The van der Waals surface area contributed by atoms with Gasteiger partial charge in [-0.25, -0.2) is 4.79 Å². The van der Waals surface area contributed by atoms with Crippen molar-refractivity contribution >= 4 is 21.2 Å². The Kier molecular flexibility index (Phi) is 12.9. The van der Waals surface area contributed by atoms with E-state index in [9.17, 15) is 19.0 Å². The number of nitrogens with two attached hydrogens (primary N) is 1. The van der Waals surface area contributed by atoms with Gasteiger partial charge in [-0.1, -0.05) is 6.58 Å². The predicted octanol–water partition coefficient (Wildman–Crippen LogP) is -3.51. The monoisotopic (exact) mass is 359 g/mol. The third-order valence-corrected chi connectivity index (χ3v) is 5.89. The van der Waals surface area contributed by atoms with E-state index in [1.165, 1.54) is 6.92 Å². The van der Waals surface area contributed by atoms with E-state index in [0.29, 0.717) is 0 Å². The van der Waals surface area contributed by atoms with Crippen LogP contribution in [0.2, 0.25) is 0 Å². The molecule has 0 aliphatic carbocycles. The maximum atomic E-state index is 10.7. The van der Waals surface area contributed by atoms with Crippen molar-refractivity contribution in [3.63, 3.8) is 0 Å². The van der Waals surface area contributed by atoms with Gasteiger partial charge in [0, 0.05) is 12.0 Å². The van der Waals surface area contributed by atoms with E-state index >= 15 is 0 Å². The molecule has 122 valence electrons. The number of hydrogen-bond donors (Lipinski definition) is 7. The molecule has 0 aliphatic rings. The van der Waals surface area contributed by atoms with Gasteiger partial charge < -0.3 is 36.9 Å². The molecule has 0 atom stereocenters. The maximum absolute atomic E-state index is 10.7. The molecule has 0 unspecified atom stereocenters. The Labute approximate surface area is 145 Å². The molecule has 0 spiro atoms. The molecule has 0 aliphatic heterocycles. The molecule has 0 saturated heterocycles. The average molecular weight is 359 g/mol. The fourth-order valence-corrected chi connectivity index (χ4v) is 3.06. The van der Waals surface area contributed by atoms with Crippen LogP contribution >= 0.6 is 15.2 Å². The first-order valence-electron chi connectivity index (χ1n) is 5.13. The van der Waals surface area contributed by atoms with Crippen LogP contribution in [0.3, 0.4) is 0 Å². The van der Waals surface area contributed by atoms with Crippen LogP contribution in [-0.2, 0) is 13.9 Å². The molecule has 0 amide bonds. The third-order valence-electron chi connectivity index (χ3n) is 2.01. The van der Waals surface area contributed by atoms with Crippen molar-refractivity contribution in [3.8, 4) is 0 Å². The number of aliphatic hydroxyl groups is 1. The van der Waals surface area contributed by atoms with Gasteiger partial charge in [0.1, 0.15) is 0 Å². The van der Waals surface area contributed by atoms with Crippen molar-refractivity contribution in [2.45, 2.75) is 24.8 Å². The molecule has 13 heteroatoms. The number of aliphatic carboxylic acids is 1. The second kappa shape index (κ2) is 10.3. The van der Waals surface area contributed by atoms with Crippen molar-refractivity contribution in [1.29, 1.82) is 0 Å². The van der Waals surface area contributed by atoms with Gasteiger partial charge in [0.15, 0.2) is 0 Å². The van der Waals surface area contributed by atoms with Crippen LogP contribution in [0.5, 0.6) is 0 Å². The Morgan fingerprint density at radius 3 is 1.67 bits per heavy atom. The smallest absolute Gasteiger partial charge is 1.00 e. The molecule has 8 N–H and O–H groups in total. The molecule has 21 heavy (non-hydrogen) atoms. The Morgan fingerprint density at radius 2 is 1.52 bits per heavy atom. The minimum atomic E-state index is -5.30. The van der Waals surface area contributed by atoms with Crippen molar-refractivity contribution in [3.05, 3.63) is 12.2 Å². The summed E-state index contributed by atoms with van der Waals surface area (Å²) in [4.78, 5) is 44.1. The minimum absolute atomic E-state index is 0. The fraction of sp³-hybridized carbons (Fsp3) is 0.625. The van der Waals surface area contributed by atoms with Crippen LogP contribution in [-0.4, -0.2) is 47.4 Å². The molecule has 10 nitrogen and oxygen atoms in total. The second-order valence-corrected chi connectivity index (χ2v) is 7.85. The van der Waals surface area contributed by atoms with Gasteiger partial charge in [-0.15, -0.1) is 0 Å². The number of hydrogen-bond acceptors (Lipinski definition) is 5. The number of rotatable bonds is 6. The summed E-state index contributed by atoms with van der Waals surface area (Å²) >= 11 is 0. The number of carboxylic acid groups (broad SMARTS) is 1. The molecule has 0 aromatic heterocycles. The summed E-state index contributed by atoms with van der Waals surface area (Å²) in [5, 5.41) is 13.8. The summed E-state index contributed by atoms with van der Waals surface area (Å²) < 4.78 is 21.4. The van der Waals surface area contributed by atoms with Gasteiger partial charge in [0.05, 0.1) is 0 Å². The molecular weight excluding hydrogens is 339 g/mol. The van der Waals surface area contributed by atoms with Gasteiger partial charge in [-0.3, -0.25) is 9.13 Å². The van der Waals surface area contributed by atoms with E-state index in [1.807, 2.05) is 0 Å². The Balaban J connectivity index is -0.000000174. The van der Waals surface area contributed by atoms with E-state index in [0.717, 1.165) is 0 Å². The summed E-state index contributed by atoms with van der Waals surface area (Å²) in [5.41, 5.74) is 5.18. The normalized spacial score (nSPS) is 11.8. The summed E-state index contributed by atoms with van der Waals surface area (Å²) in [6.45, 7) is 4.56. The summed E-state index contributed by atoms with van der Waals surface area (Å²) in [7, 11) is -10.6. The van der Waals surface area contributed by atoms with Crippen LogP contribution in [0, 0.1) is 0 Å². The average Bonchev–Trinajstić information content (AvgIpc) is 2.23. The van der Waals surface area contributed by atoms with Crippen LogP contribution in [0.4, 0.5) is 0 Å². The Bertz CT molecular complexity index is 415. The molecule has 0 radical (unpaired) electrons. The zero-order chi connectivity index (χ0) is 16.8. The molecule has 0 aromatic rings. The van der Waals surface area contributed by atoms with Crippen LogP contribution < -0.4 is 35.3 Å². The van der Waals surface area contributed by atoms with E-state index in [1.54, 1.807) is 0 Å². The quantitative estimate of drug-likeness (QED) is 0.142. The summed E-state index contributed by atoms with van der Waals surface area (Å²) in [6.07, 6.45) is -0.856. The first-order chi connectivity index (χ1) is 8.70. The van der Waals surface area contributed by atoms with E-state index in [2.05, 4.69) is 6.58 Å². The van der Waals surface area contributed by atoms with E-state index < -0.39 is 32.7 Å². The second-order valence-electron chi connectivity index (χ2n) is 3.84. The van der Waals surface area contributed by atoms with Crippen molar-refractivity contribution in [1.82, 2.24) is 0 Å². The zero-order valence-electron chi connectivity index (χ0n) is 12.7. The molecule has 0 rings (SSSR count). The van der Waals surface area contributed by atoms with Gasteiger partial charge >= 0.3 is 50.7 Å². The van der Waals surface area contributed by atoms with Gasteiger partial charge in [-0.05, 0) is 19.9 Å². The SMILES string of the molecule is C=C(C)C(=O)O.NCCCC(O)(P(=O)(O)O)P(=O)(O)O.[H-].[Na+].